The summed E-state index contributed by atoms with van der Waals surface area (Å²) in [5.74, 6) is -0.471. The maximum Gasteiger partial charge on any atom is 0.339 e. The van der Waals surface area contributed by atoms with Crippen LogP contribution in [-0.4, -0.2) is 28.2 Å². The average Bonchev–Trinajstić information content (AvgIpc) is 2.41. The molecule has 0 saturated heterocycles. The molecule has 0 aliphatic heterocycles. The van der Waals surface area contributed by atoms with E-state index in [1.54, 1.807) is 18.5 Å². The van der Waals surface area contributed by atoms with E-state index in [0.717, 1.165) is 3.57 Å². The molecule has 1 aromatic heterocycles. The van der Waals surface area contributed by atoms with Crippen molar-refractivity contribution in [3.8, 4) is 17.5 Å². The van der Waals surface area contributed by atoms with Crippen LogP contribution in [-0.2, 0) is 0 Å². The molecule has 0 unspecified atom stereocenters. The Morgan fingerprint density at radius 3 is 2.58 bits per heavy atom. The zero-order valence-corrected chi connectivity index (χ0v) is 12.0. The van der Waals surface area contributed by atoms with Gasteiger partial charge in [-0.3, -0.25) is 0 Å². The van der Waals surface area contributed by atoms with Gasteiger partial charge in [-0.2, -0.15) is 0 Å². The Morgan fingerprint density at radius 1 is 1.32 bits per heavy atom. The van der Waals surface area contributed by atoms with Crippen molar-refractivity contribution in [2.75, 3.05) is 7.11 Å². The average molecular weight is 372 g/mol. The Morgan fingerprint density at radius 2 is 2.00 bits per heavy atom. The molecule has 6 nitrogen and oxygen atoms in total. The zero-order valence-electron chi connectivity index (χ0n) is 9.83. The van der Waals surface area contributed by atoms with Gasteiger partial charge in [0.15, 0.2) is 0 Å². The quantitative estimate of drug-likeness (QED) is 0.831. The van der Waals surface area contributed by atoms with Gasteiger partial charge in [-0.1, -0.05) is 0 Å². The lowest BCUT2D eigenvalue weighted by Crippen LogP contribution is -2.02. The number of carboxylic acids is 1. The lowest BCUT2D eigenvalue weighted by molar-refractivity contribution is 0.0694. The number of halogens is 1. The first kappa shape index (κ1) is 13.5. The van der Waals surface area contributed by atoms with Crippen LogP contribution < -0.4 is 9.47 Å². The molecule has 0 spiro atoms. The fraction of sp³-hybridized carbons (Fsp3) is 0.0833. The molecule has 0 saturated carbocycles. The third kappa shape index (κ3) is 3.31. The van der Waals surface area contributed by atoms with Gasteiger partial charge in [0, 0.05) is 22.0 Å². The van der Waals surface area contributed by atoms with Crippen LogP contribution in [0.4, 0.5) is 0 Å². The van der Waals surface area contributed by atoms with Gasteiger partial charge in [0.1, 0.15) is 17.1 Å². The predicted molar refractivity (Wildman–Crippen MR) is 74.8 cm³/mol. The molecule has 0 amide bonds. The largest absolute Gasteiger partial charge is 0.497 e. The molecule has 1 aromatic carbocycles. The number of benzene rings is 1. The van der Waals surface area contributed by atoms with Crippen molar-refractivity contribution in [2.24, 2.45) is 0 Å². The normalized spacial score (nSPS) is 10.0. The number of aromatic carboxylic acids is 1. The van der Waals surface area contributed by atoms with E-state index in [9.17, 15) is 4.79 Å². The molecule has 1 N–H and O–H groups in total. The summed E-state index contributed by atoms with van der Waals surface area (Å²) in [5.41, 5.74) is 0.0166. The predicted octanol–water partition coefficient (Wildman–Crippen LogP) is 2.58. The van der Waals surface area contributed by atoms with E-state index >= 15 is 0 Å². The second kappa shape index (κ2) is 5.83. The molecule has 19 heavy (non-hydrogen) atoms. The highest BCUT2D eigenvalue weighted by molar-refractivity contribution is 14.1. The van der Waals surface area contributed by atoms with Crippen LogP contribution in [0.25, 0.3) is 0 Å². The summed E-state index contributed by atoms with van der Waals surface area (Å²) in [6, 6.07) is 4.51. The number of carbonyl (C=O) groups is 1. The minimum Gasteiger partial charge on any atom is -0.497 e. The number of aromatic nitrogens is 2. The molecule has 0 radical (unpaired) electrons. The highest BCUT2D eigenvalue weighted by atomic mass is 127. The molecular weight excluding hydrogens is 363 g/mol. The first-order chi connectivity index (χ1) is 9.10. The zero-order chi connectivity index (χ0) is 13.8. The molecule has 1 heterocycles. The monoisotopic (exact) mass is 372 g/mol. The summed E-state index contributed by atoms with van der Waals surface area (Å²) in [6.07, 6.45) is 3.15. The van der Waals surface area contributed by atoms with Gasteiger partial charge < -0.3 is 14.6 Å². The van der Waals surface area contributed by atoms with Crippen LogP contribution in [0.2, 0.25) is 0 Å². The van der Waals surface area contributed by atoms with Gasteiger partial charge in [-0.25, -0.2) is 14.8 Å². The molecule has 0 bridgehead atoms. The van der Waals surface area contributed by atoms with Gasteiger partial charge in [0.25, 0.3) is 0 Å². The van der Waals surface area contributed by atoms with E-state index in [0.29, 0.717) is 5.75 Å². The molecule has 2 rings (SSSR count). The van der Waals surface area contributed by atoms with Gasteiger partial charge in [-0.15, -0.1) is 0 Å². The number of methoxy groups -OCH3 is 1. The first-order valence-corrected chi connectivity index (χ1v) is 6.25. The van der Waals surface area contributed by atoms with Gasteiger partial charge in [0.05, 0.1) is 7.11 Å². The van der Waals surface area contributed by atoms with E-state index in [-0.39, 0.29) is 17.3 Å². The molecule has 0 atom stereocenters. The second-order valence-electron chi connectivity index (χ2n) is 3.45. The summed E-state index contributed by atoms with van der Waals surface area (Å²) < 4.78 is 11.3. The Labute approximate surface area is 122 Å². The molecule has 98 valence electrons. The second-order valence-corrected chi connectivity index (χ2v) is 4.70. The van der Waals surface area contributed by atoms with Crippen molar-refractivity contribution >= 4 is 28.6 Å². The maximum atomic E-state index is 11.1. The lowest BCUT2D eigenvalue weighted by atomic mass is 10.2. The van der Waals surface area contributed by atoms with Crippen LogP contribution in [0.15, 0.2) is 30.6 Å². The summed E-state index contributed by atoms with van der Waals surface area (Å²) in [5, 5.41) is 9.09. The Balaban J connectivity index is 2.36. The number of ether oxygens (including phenoxy) is 2. The van der Waals surface area contributed by atoms with Gasteiger partial charge in [0.2, 0.25) is 0 Å². The molecule has 0 aliphatic rings. The van der Waals surface area contributed by atoms with Crippen LogP contribution in [0, 0.1) is 3.57 Å². The number of nitrogens with zero attached hydrogens (tertiary/aromatic N) is 2. The third-order valence-electron chi connectivity index (χ3n) is 2.22. The van der Waals surface area contributed by atoms with Gasteiger partial charge in [-0.05, 0) is 34.7 Å². The summed E-state index contributed by atoms with van der Waals surface area (Å²) in [6.45, 7) is 0. The van der Waals surface area contributed by atoms with E-state index in [2.05, 4.69) is 32.6 Å². The van der Waals surface area contributed by atoms with Crippen LogP contribution in [0.1, 0.15) is 10.4 Å². The molecule has 7 heteroatoms. The summed E-state index contributed by atoms with van der Waals surface area (Å²) in [7, 11) is 1.49. The minimum absolute atomic E-state index is 0.0166. The van der Waals surface area contributed by atoms with Crippen LogP contribution >= 0.6 is 22.6 Å². The molecule has 0 fully saturated rings. The first-order valence-electron chi connectivity index (χ1n) is 5.17. The van der Waals surface area contributed by atoms with E-state index < -0.39 is 5.97 Å². The van der Waals surface area contributed by atoms with E-state index in [4.69, 9.17) is 14.6 Å². The minimum atomic E-state index is -1.09. The van der Waals surface area contributed by atoms with Crippen molar-refractivity contribution in [2.45, 2.75) is 0 Å². The standard InChI is InChI=1S/C12H9IN2O4/c1-18-8-2-3-9(11(16)17)10(4-8)19-12-14-5-7(13)6-15-12/h2-6H,1H3,(H,16,17). The van der Waals surface area contributed by atoms with Crippen LogP contribution in [0.5, 0.6) is 17.5 Å². The molecule has 2 aromatic rings. The highest BCUT2D eigenvalue weighted by Gasteiger charge is 2.14. The summed E-state index contributed by atoms with van der Waals surface area (Å²) in [4.78, 5) is 19.0. The number of hydrogen-bond donors (Lipinski definition) is 1. The van der Waals surface area contributed by atoms with Crippen molar-refractivity contribution in [3.05, 3.63) is 39.7 Å². The SMILES string of the molecule is COc1ccc(C(=O)O)c(Oc2ncc(I)cn2)c1. The van der Waals surface area contributed by atoms with E-state index in [1.807, 2.05) is 0 Å². The number of rotatable bonds is 4. The molecule has 0 aliphatic carbocycles. The highest BCUT2D eigenvalue weighted by Crippen LogP contribution is 2.27. The Kier molecular flexibility index (Phi) is 4.15. The van der Waals surface area contributed by atoms with Crippen molar-refractivity contribution < 1.29 is 19.4 Å². The third-order valence-corrected chi connectivity index (χ3v) is 2.77. The number of carboxylic acid groups (broad SMARTS) is 1. The number of hydrogen-bond acceptors (Lipinski definition) is 5. The van der Waals surface area contributed by atoms with Gasteiger partial charge >= 0.3 is 12.0 Å². The van der Waals surface area contributed by atoms with Crippen molar-refractivity contribution in [3.63, 3.8) is 0 Å². The Hall–Kier alpha value is -1.90. The topological polar surface area (TPSA) is 81.5 Å². The maximum absolute atomic E-state index is 11.1. The van der Waals surface area contributed by atoms with Crippen molar-refractivity contribution in [1.82, 2.24) is 9.97 Å². The lowest BCUT2D eigenvalue weighted by Gasteiger charge is -2.08. The fourth-order valence-electron chi connectivity index (χ4n) is 1.34. The van der Waals surface area contributed by atoms with Crippen LogP contribution in [0.3, 0.4) is 0 Å². The van der Waals surface area contributed by atoms with Crippen molar-refractivity contribution in [1.29, 1.82) is 0 Å². The summed E-state index contributed by atoms with van der Waals surface area (Å²) >= 11 is 2.06. The fourth-order valence-corrected chi connectivity index (χ4v) is 1.62. The van der Waals surface area contributed by atoms with E-state index in [1.165, 1.54) is 19.2 Å². The smallest absolute Gasteiger partial charge is 0.339 e. The Bertz CT molecular complexity index is 601. The molecular formula is C12H9IN2O4.